The van der Waals surface area contributed by atoms with E-state index in [1.165, 1.54) is 16.7 Å². The Labute approximate surface area is 230 Å². The second kappa shape index (κ2) is 16.7. The molecule has 3 rings (SSSR count). The van der Waals surface area contributed by atoms with Crippen molar-refractivity contribution in [3.63, 3.8) is 0 Å². The van der Waals surface area contributed by atoms with Crippen molar-refractivity contribution in [1.29, 1.82) is 0 Å². The summed E-state index contributed by atoms with van der Waals surface area (Å²) in [4.78, 5) is 0. The Balaban J connectivity index is 1.78. The van der Waals surface area contributed by atoms with Crippen LogP contribution in [0.2, 0.25) is 0 Å². The number of benzene rings is 3. The number of hydrogen-bond donors (Lipinski definition) is 0. The molecule has 206 valence electrons. The van der Waals surface area contributed by atoms with E-state index in [2.05, 4.69) is 39.0 Å². The number of aryl methyl sites for hydroxylation is 3. The first kappa shape index (κ1) is 30.3. The molecule has 0 amide bonds. The summed E-state index contributed by atoms with van der Waals surface area (Å²) >= 11 is 0. The second-order valence-corrected chi connectivity index (χ2v) is 11.6. The molecular formula is C33H45O4P. The normalized spacial score (nSPS) is 11.7. The standard InChI is InChI=1S/C33H45O4P/c1-4-7-16-28-19-10-13-22-31(28)25-35-38(34,36-26-32-23-14-11-20-29(32)17-8-5-2)37-27-33-24-15-12-21-30(33)18-9-6-3/h10-15,19-24H,4-9,16-18,25-27H2,1-3H3. The highest BCUT2D eigenvalue weighted by atomic mass is 31.2. The number of phosphoric ester groups is 1. The van der Waals surface area contributed by atoms with Gasteiger partial charge in [-0.25, -0.2) is 4.57 Å². The van der Waals surface area contributed by atoms with Gasteiger partial charge in [0.2, 0.25) is 0 Å². The van der Waals surface area contributed by atoms with Crippen LogP contribution in [0.4, 0.5) is 0 Å². The van der Waals surface area contributed by atoms with Gasteiger partial charge in [-0.3, -0.25) is 13.6 Å². The topological polar surface area (TPSA) is 44.8 Å². The molecular weight excluding hydrogens is 491 g/mol. The van der Waals surface area contributed by atoms with E-state index in [4.69, 9.17) is 13.6 Å². The van der Waals surface area contributed by atoms with Crippen molar-refractivity contribution in [2.75, 3.05) is 0 Å². The van der Waals surface area contributed by atoms with Crippen LogP contribution in [0.1, 0.15) is 92.7 Å². The lowest BCUT2D eigenvalue weighted by Gasteiger charge is -2.21. The maximum absolute atomic E-state index is 14.0. The molecule has 0 aromatic heterocycles. The SMILES string of the molecule is CCCCc1ccccc1COP(=O)(OCc1ccccc1CCCC)OCc1ccccc1CCCC. The Hall–Kier alpha value is -2.23. The predicted molar refractivity (Wildman–Crippen MR) is 157 cm³/mol. The third-order valence-electron chi connectivity index (χ3n) is 6.89. The molecule has 0 heterocycles. The first-order valence-electron chi connectivity index (χ1n) is 14.3. The predicted octanol–water partition coefficient (Wildman–Crippen LogP) is 9.77. The number of unbranched alkanes of at least 4 members (excludes halogenated alkanes) is 3. The minimum Gasteiger partial charge on any atom is -0.282 e. The molecule has 38 heavy (non-hydrogen) atoms. The highest BCUT2D eigenvalue weighted by Gasteiger charge is 2.28. The van der Waals surface area contributed by atoms with Gasteiger partial charge in [0.15, 0.2) is 0 Å². The molecule has 0 saturated heterocycles. The minimum atomic E-state index is -3.85. The molecule has 0 spiro atoms. The van der Waals surface area contributed by atoms with E-state index in [9.17, 15) is 4.57 Å². The first-order chi connectivity index (χ1) is 18.6. The molecule has 5 heteroatoms. The molecule has 0 atom stereocenters. The van der Waals surface area contributed by atoms with Gasteiger partial charge in [0, 0.05) is 0 Å². The Morgan fingerprint density at radius 3 is 1.00 bits per heavy atom. The molecule has 0 aliphatic rings. The summed E-state index contributed by atoms with van der Waals surface area (Å²) in [5, 5.41) is 0. The fourth-order valence-corrected chi connectivity index (χ4v) is 5.60. The van der Waals surface area contributed by atoms with E-state index in [1.54, 1.807) is 0 Å². The molecule has 0 fully saturated rings. The van der Waals surface area contributed by atoms with Crippen molar-refractivity contribution in [2.24, 2.45) is 0 Å². The Kier molecular flexibility index (Phi) is 13.3. The number of hydrogen-bond acceptors (Lipinski definition) is 4. The van der Waals surface area contributed by atoms with Crippen LogP contribution in [-0.2, 0) is 57.2 Å². The summed E-state index contributed by atoms with van der Waals surface area (Å²) in [5.41, 5.74) is 6.74. The molecule has 3 aromatic carbocycles. The average molecular weight is 537 g/mol. The van der Waals surface area contributed by atoms with Gasteiger partial charge in [0.25, 0.3) is 0 Å². The smallest absolute Gasteiger partial charge is 0.282 e. The van der Waals surface area contributed by atoms with E-state index in [0.29, 0.717) is 0 Å². The van der Waals surface area contributed by atoms with E-state index in [-0.39, 0.29) is 19.8 Å². The summed E-state index contributed by atoms with van der Waals surface area (Å²) in [7, 11) is -3.85. The van der Waals surface area contributed by atoms with Gasteiger partial charge < -0.3 is 0 Å². The third kappa shape index (κ3) is 9.82. The highest BCUT2D eigenvalue weighted by Crippen LogP contribution is 2.52. The van der Waals surface area contributed by atoms with Crippen LogP contribution in [0.25, 0.3) is 0 Å². The summed E-state index contributed by atoms with van der Waals surface area (Å²) in [5.74, 6) is 0. The molecule has 0 unspecified atom stereocenters. The fourth-order valence-electron chi connectivity index (χ4n) is 4.49. The molecule has 3 aromatic rings. The monoisotopic (exact) mass is 536 g/mol. The molecule has 0 radical (unpaired) electrons. The molecule has 0 saturated carbocycles. The quantitative estimate of drug-likeness (QED) is 0.152. The summed E-state index contributed by atoms with van der Waals surface area (Å²) in [6.07, 6.45) is 9.58. The van der Waals surface area contributed by atoms with E-state index in [0.717, 1.165) is 74.5 Å². The zero-order valence-electron chi connectivity index (χ0n) is 23.5. The molecule has 0 aliphatic heterocycles. The Morgan fingerprint density at radius 2 is 0.737 bits per heavy atom. The Bertz CT molecular complexity index is 1000. The van der Waals surface area contributed by atoms with Crippen molar-refractivity contribution < 1.29 is 18.1 Å². The maximum atomic E-state index is 14.0. The van der Waals surface area contributed by atoms with Crippen LogP contribution in [0.5, 0.6) is 0 Å². The third-order valence-corrected chi connectivity index (χ3v) is 8.22. The molecule has 0 N–H and O–H groups in total. The van der Waals surface area contributed by atoms with Gasteiger partial charge in [-0.2, -0.15) is 0 Å². The van der Waals surface area contributed by atoms with Gasteiger partial charge in [-0.1, -0.05) is 113 Å². The zero-order valence-corrected chi connectivity index (χ0v) is 24.4. The maximum Gasteiger partial charge on any atom is 0.475 e. The van der Waals surface area contributed by atoms with Gasteiger partial charge in [-0.05, 0) is 71.9 Å². The van der Waals surface area contributed by atoms with E-state index in [1.807, 2.05) is 54.6 Å². The van der Waals surface area contributed by atoms with E-state index >= 15 is 0 Å². The molecule has 0 aliphatic carbocycles. The van der Waals surface area contributed by atoms with Gasteiger partial charge in [-0.15, -0.1) is 0 Å². The zero-order chi connectivity index (χ0) is 27.1. The summed E-state index contributed by atoms with van der Waals surface area (Å²) in [6.45, 7) is 7.12. The largest absolute Gasteiger partial charge is 0.475 e. The van der Waals surface area contributed by atoms with Crippen molar-refractivity contribution in [3.05, 3.63) is 106 Å². The van der Waals surface area contributed by atoms with Crippen molar-refractivity contribution in [3.8, 4) is 0 Å². The fraction of sp³-hybridized carbons (Fsp3) is 0.455. The first-order valence-corrected chi connectivity index (χ1v) is 15.8. The van der Waals surface area contributed by atoms with E-state index < -0.39 is 7.82 Å². The van der Waals surface area contributed by atoms with Gasteiger partial charge >= 0.3 is 7.82 Å². The summed E-state index contributed by atoms with van der Waals surface area (Å²) in [6, 6.07) is 24.6. The molecule has 4 nitrogen and oxygen atoms in total. The van der Waals surface area contributed by atoms with Crippen LogP contribution in [0, 0.1) is 0 Å². The van der Waals surface area contributed by atoms with Gasteiger partial charge in [0.05, 0.1) is 19.8 Å². The van der Waals surface area contributed by atoms with Crippen molar-refractivity contribution in [1.82, 2.24) is 0 Å². The highest BCUT2D eigenvalue weighted by molar-refractivity contribution is 7.48. The Morgan fingerprint density at radius 1 is 0.474 bits per heavy atom. The van der Waals surface area contributed by atoms with Crippen LogP contribution in [0.15, 0.2) is 72.8 Å². The number of phosphoric acid groups is 1. The van der Waals surface area contributed by atoms with Crippen molar-refractivity contribution >= 4 is 7.82 Å². The lowest BCUT2D eigenvalue weighted by atomic mass is 10.0. The average Bonchev–Trinajstić information content (AvgIpc) is 2.96. The summed E-state index contributed by atoms with van der Waals surface area (Å²) < 4.78 is 32.1. The van der Waals surface area contributed by atoms with Crippen LogP contribution in [-0.4, -0.2) is 0 Å². The minimum absolute atomic E-state index is 0.187. The van der Waals surface area contributed by atoms with Crippen molar-refractivity contribution in [2.45, 2.75) is 98.4 Å². The van der Waals surface area contributed by atoms with Gasteiger partial charge in [0.1, 0.15) is 0 Å². The molecule has 0 bridgehead atoms. The van der Waals surface area contributed by atoms with Crippen LogP contribution >= 0.6 is 7.82 Å². The lowest BCUT2D eigenvalue weighted by molar-refractivity contribution is 0.0973. The van der Waals surface area contributed by atoms with Crippen LogP contribution < -0.4 is 0 Å². The number of rotatable bonds is 18. The second-order valence-electron chi connectivity index (χ2n) is 9.88. The lowest BCUT2D eigenvalue weighted by Crippen LogP contribution is -2.05. The van der Waals surface area contributed by atoms with Crippen LogP contribution in [0.3, 0.4) is 0 Å².